The number of benzene rings is 14. The quantitative estimate of drug-likeness (QED) is 0.0484. The van der Waals surface area contributed by atoms with Crippen molar-refractivity contribution in [2.75, 3.05) is 19.6 Å². The standard InChI is InChI=1S/C98H87N16/c1-97(2,3)67-109-103-93-85(69-49-57-81(58-50-69)111(73-33-15-7-16-34-73)74-35-17-8-18-36-74)89-90(86(94(93)104-109)70-51-59-82(60-52-70)112(75-37-19-9-20-38-75)76-39-21-10-22-40-76)100-107(99-89)65-31-32-66-108-101-91-87(71-53-61-83(62-54-71)113(77-41-23-11-24-42-77)78-43-25-12-26-44-78)95-96(106-110(105-95)68-98(4,5)6)88(92(91)102-108)72-55-63-84(64-56-72)114(79-45-27-13-28-46-79)80-47-29-14-30-48-80/h7-30,33-64H,31-32,65-68H2,1-6H3,(H,99,100)/q+1. The molecule has 0 aliphatic carbocycles. The smallest absolute Gasteiger partial charge is 0.201 e. The molecule has 16 heteroatoms. The monoisotopic (exact) mass is 1490 g/mol. The van der Waals surface area contributed by atoms with Crippen LogP contribution in [0.15, 0.2) is 340 Å². The Bertz CT molecular complexity index is 5410. The van der Waals surface area contributed by atoms with E-state index < -0.39 is 0 Å². The largest absolute Gasteiger partial charge is 0.311 e. The number of aromatic amines is 1. The Kier molecular flexibility index (Phi) is 19.2. The van der Waals surface area contributed by atoms with Gasteiger partial charge in [-0.2, -0.15) is 45.0 Å². The van der Waals surface area contributed by atoms with Gasteiger partial charge < -0.3 is 19.6 Å². The van der Waals surface area contributed by atoms with Crippen molar-refractivity contribution in [3.63, 3.8) is 0 Å². The van der Waals surface area contributed by atoms with E-state index in [1.54, 1.807) is 0 Å². The SMILES string of the molecule is CC(C)(C)Cn1nc2c(-c3ccc(N(c4ccccc4)c4ccccc4)cc3)c3n[n+](CCCC[n+]4nc5c(-c6ccc(N(c7ccccc7)c7ccccc7)cc6)c6nn(CC(C)(C)C)nc6c(-c6ccc(N(c7ccccc7)c7ccccc7)cc6)c5[nH]4)[n-]c3c(-c3ccc(N(c4ccccc4)c4ccccc4)cc3)c2n1. The molecule has 0 aliphatic rings. The number of rotatable bonds is 23. The molecule has 558 valence electrons. The van der Waals surface area contributed by atoms with Crippen LogP contribution in [0.1, 0.15) is 54.4 Å². The molecule has 18 aromatic rings. The third-order valence-corrected chi connectivity index (χ3v) is 20.6. The van der Waals surface area contributed by atoms with Gasteiger partial charge in [-0.1, -0.05) is 236 Å². The number of para-hydroxylation sites is 8. The third kappa shape index (κ3) is 14.6. The first kappa shape index (κ1) is 71.5. The van der Waals surface area contributed by atoms with E-state index in [1.165, 1.54) is 0 Å². The van der Waals surface area contributed by atoms with E-state index in [2.05, 4.69) is 406 Å². The van der Waals surface area contributed by atoms with Crippen molar-refractivity contribution in [2.24, 2.45) is 10.8 Å². The van der Waals surface area contributed by atoms with E-state index in [1.807, 2.05) is 19.2 Å². The van der Waals surface area contributed by atoms with Crippen LogP contribution >= 0.6 is 0 Å². The van der Waals surface area contributed by atoms with Crippen LogP contribution in [0.3, 0.4) is 0 Å². The van der Waals surface area contributed by atoms with Gasteiger partial charge in [0.2, 0.25) is 6.54 Å². The average molecular weight is 1490 g/mol. The van der Waals surface area contributed by atoms with Gasteiger partial charge in [-0.05, 0) is 183 Å². The van der Waals surface area contributed by atoms with Gasteiger partial charge in [-0.15, -0.1) is 5.10 Å². The molecule has 14 aromatic carbocycles. The summed E-state index contributed by atoms with van der Waals surface area (Å²) in [6.07, 6.45) is 1.46. The fraction of sp³-hybridized carbons (Fsp3) is 0.143. The molecule has 0 bridgehead atoms. The second kappa shape index (κ2) is 30.6. The highest BCUT2D eigenvalue weighted by Gasteiger charge is 2.31. The number of anilines is 12. The van der Waals surface area contributed by atoms with Crippen LogP contribution in [0.2, 0.25) is 0 Å². The van der Waals surface area contributed by atoms with Crippen molar-refractivity contribution in [1.29, 1.82) is 0 Å². The lowest BCUT2D eigenvalue weighted by atomic mass is 9.95. The minimum atomic E-state index is -0.128. The molecule has 4 heterocycles. The van der Waals surface area contributed by atoms with Crippen LogP contribution in [0, 0.1) is 10.8 Å². The van der Waals surface area contributed by atoms with Gasteiger partial charge in [0.1, 0.15) is 27.6 Å². The van der Waals surface area contributed by atoms with Crippen molar-refractivity contribution < 1.29 is 9.59 Å². The summed E-state index contributed by atoms with van der Waals surface area (Å²) < 4.78 is 0. The summed E-state index contributed by atoms with van der Waals surface area (Å²) in [5.74, 6) is 0. The normalized spacial score (nSPS) is 11.8. The Labute approximate surface area is 663 Å². The Morgan fingerprint density at radius 1 is 0.281 bits per heavy atom. The van der Waals surface area contributed by atoms with Crippen molar-refractivity contribution >= 4 is 112 Å². The third-order valence-electron chi connectivity index (χ3n) is 20.6. The molecule has 0 amide bonds. The number of aryl methyl sites for hydroxylation is 2. The van der Waals surface area contributed by atoms with E-state index in [-0.39, 0.29) is 10.8 Å². The van der Waals surface area contributed by atoms with Crippen LogP contribution in [-0.2, 0) is 26.2 Å². The number of unbranched alkanes of at least 4 members (excludes halogenated alkanes) is 1. The molecular weight excluding hydrogens is 1400 g/mol. The summed E-state index contributed by atoms with van der Waals surface area (Å²) >= 11 is 0. The second-order valence-corrected chi connectivity index (χ2v) is 31.4. The molecule has 114 heavy (non-hydrogen) atoms. The van der Waals surface area contributed by atoms with Crippen LogP contribution in [0.4, 0.5) is 68.2 Å². The van der Waals surface area contributed by atoms with Crippen LogP contribution < -0.4 is 34.3 Å². The lowest BCUT2D eigenvalue weighted by Gasteiger charge is -2.25. The van der Waals surface area contributed by atoms with Crippen molar-refractivity contribution in [3.8, 4) is 44.5 Å². The van der Waals surface area contributed by atoms with Crippen molar-refractivity contribution in [2.45, 2.75) is 80.6 Å². The Morgan fingerprint density at radius 2 is 0.535 bits per heavy atom. The van der Waals surface area contributed by atoms with E-state index in [0.717, 1.165) is 170 Å². The highest BCUT2D eigenvalue weighted by atomic mass is 15.5. The average Bonchev–Trinajstić information content (AvgIpc) is 1.55. The van der Waals surface area contributed by atoms with Gasteiger partial charge in [0.05, 0.1) is 13.1 Å². The fourth-order valence-electron chi connectivity index (χ4n) is 15.6. The molecule has 18 rings (SSSR count). The summed E-state index contributed by atoms with van der Waals surface area (Å²) in [4.78, 5) is 16.8. The van der Waals surface area contributed by atoms with Crippen LogP contribution in [0.5, 0.6) is 0 Å². The van der Waals surface area contributed by atoms with Gasteiger partial charge in [0, 0.05) is 119 Å². The predicted octanol–water partition coefficient (Wildman–Crippen LogP) is 23.3. The van der Waals surface area contributed by atoms with Crippen molar-refractivity contribution in [3.05, 3.63) is 340 Å². The molecule has 0 saturated carbocycles. The molecule has 0 aliphatic heterocycles. The maximum Gasteiger partial charge on any atom is 0.201 e. The van der Waals surface area contributed by atoms with E-state index in [9.17, 15) is 0 Å². The summed E-state index contributed by atoms with van der Waals surface area (Å²) in [5.41, 5.74) is 25.9. The highest BCUT2D eigenvalue weighted by Crippen LogP contribution is 2.47. The number of nitrogens with zero attached hydrogens (tertiary/aromatic N) is 15. The zero-order valence-corrected chi connectivity index (χ0v) is 64.8. The summed E-state index contributed by atoms with van der Waals surface area (Å²) in [6, 6.07) is 119. The Hall–Kier alpha value is -14.1. The van der Waals surface area contributed by atoms with Crippen molar-refractivity contribution in [1.82, 2.24) is 50.4 Å². The van der Waals surface area contributed by atoms with E-state index >= 15 is 0 Å². The first-order valence-corrected chi connectivity index (χ1v) is 39.2. The fourth-order valence-corrected chi connectivity index (χ4v) is 15.6. The van der Waals surface area contributed by atoms with E-state index in [0.29, 0.717) is 26.2 Å². The highest BCUT2D eigenvalue weighted by molar-refractivity contribution is 6.18. The molecule has 0 unspecified atom stereocenters. The lowest BCUT2D eigenvalue weighted by molar-refractivity contribution is -0.811. The first-order valence-electron chi connectivity index (χ1n) is 39.2. The molecule has 0 saturated heterocycles. The molecule has 0 fully saturated rings. The Balaban J connectivity index is 0.748. The predicted molar refractivity (Wildman–Crippen MR) is 462 cm³/mol. The topological polar surface area (TPSA) is 138 Å². The van der Waals surface area contributed by atoms with Crippen LogP contribution in [-0.4, -0.2) is 45.3 Å². The number of fused-ring (bicyclic) bond motifs is 4. The van der Waals surface area contributed by atoms with E-state index in [4.69, 9.17) is 35.7 Å². The number of hydrogen-bond donors (Lipinski definition) is 1. The maximum absolute atomic E-state index is 5.62. The van der Waals surface area contributed by atoms with Gasteiger partial charge >= 0.3 is 0 Å². The second-order valence-electron chi connectivity index (χ2n) is 31.4. The minimum Gasteiger partial charge on any atom is -0.311 e. The maximum atomic E-state index is 5.62. The Morgan fingerprint density at radius 3 is 0.842 bits per heavy atom. The van der Waals surface area contributed by atoms with Crippen LogP contribution in [0.25, 0.3) is 88.6 Å². The summed E-state index contributed by atoms with van der Waals surface area (Å²) in [7, 11) is 0. The van der Waals surface area contributed by atoms with Gasteiger partial charge in [0.25, 0.3) is 0 Å². The summed E-state index contributed by atoms with van der Waals surface area (Å²) in [5, 5.41) is 42.5. The zero-order valence-electron chi connectivity index (χ0n) is 64.8. The van der Waals surface area contributed by atoms with Gasteiger partial charge in [-0.3, -0.25) is 0 Å². The molecule has 4 aromatic heterocycles. The number of aromatic nitrogens is 12. The summed E-state index contributed by atoms with van der Waals surface area (Å²) in [6.45, 7) is 15.6. The molecule has 0 spiro atoms. The van der Waals surface area contributed by atoms with Gasteiger partial charge in [-0.25, -0.2) is 0 Å². The molecule has 16 nitrogen and oxygen atoms in total. The zero-order chi connectivity index (χ0) is 77.3. The molecule has 1 N–H and O–H groups in total. The number of nitrogens with one attached hydrogen (secondary N) is 1. The molecular formula is C98H87N16+. The first-order chi connectivity index (χ1) is 55.8. The molecule has 0 atom stereocenters. The number of H-pyrrole nitrogens is 1. The van der Waals surface area contributed by atoms with Gasteiger partial charge in [0.15, 0.2) is 12.1 Å². The lowest BCUT2D eigenvalue weighted by Crippen LogP contribution is -2.42. The molecule has 0 radical (unpaired) electrons. The minimum absolute atomic E-state index is 0.123. The number of hydrogen-bond acceptors (Lipinski definition) is 10.